The normalized spacial score (nSPS) is 10.2. The Kier molecular flexibility index (Phi) is 2.99. The predicted octanol–water partition coefficient (Wildman–Crippen LogP) is 0.807. The molecule has 1 aromatic heterocycles. The second kappa shape index (κ2) is 3.82. The number of nitrogens with two attached hydrogens (primary N) is 1. The van der Waals surface area contributed by atoms with Gasteiger partial charge in [0.1, 0.15) is 4.60 Å². The van der Waals surface area contributed by atoms with Gasteiger partial charge in [0.25, 0.3) is 0 Å². The monoisotopic (exact) mass is 231 g/mol. The highest BCUT2D eigenvalue weighted by Gasteiger charge is 2.12. The lowest BCUT2D eigenvalue weighted by atomic mass is 10.2. The van der Waals surface area contributed by atoms with E-state index in [-0.39, 0.29) is 12.3 Å². The van der Waals surface area contributed by atoms with Gasteiger partial charge in [0.05, 0.1) is 18.3 Å². The molecule has 2 N–H and O–H groups in total. The molecule has 1 rings (SSSR count). The van der Waals surface area contributed by atoms with Gasteiger partial charge in [0, 0.05) is 6.54 Å². The van der Waals surface area contributed by atoms with Gasteiger partial charge in [0.15, 0.2) is 5.78 Å². The molecule has 0 bridgehead atoms. The van der Waals surface area contributed by atoms with Gasteiger partial charge < -0.3 is 5.73 Å². The van der Waals surface area contributed by atoms with Gasteiger partial charge in [-0.15, -0.1) is 0 Å². The number of aromatic nitrogens is 2. The lowest BCUT2D eigenvalue weighted by Crippen LogP contribution is -2.13. The van der Waals surface area contributed by atoms with E-state index in [0.29, 0.717) is 10.2 Å². The first-order valence-corrected chi connectivity index (χ1v) is 4.44. The number of carbonyl (C=O) groups is 1. The van der Waals surface area contributed by atoms with Gasteiger partial charge in [-0.25, -0.2) is 0 Å². The summed E-state index contributed by atoms with van der Waals surface area (Å²) in [4.78, 5) is 11.2. The first-order chi connectivity index (χ1) is 5.70. The van der Waals surface area contributed by atoms with E-state index in [2.05, 4.69) is 21.0 Å². The molecule has 4 nitrogen and oxygen atoms in total. The fourth-order valence-corrected chi connectivity index (χ4v) is 1.55. The maximum absolute atomic E-state index is 11.2. The van der Waals surface area contributed by atoms with Crippen molar-refractivity contribution in [2.75, 3.05) is 6.54 Å². The van der Waals surface area contributed by atoms with E-state index < -0.39 is 0 Å². The molecule has 0 spiro atoms. The zero-order valence-corrected chi connectivity index (χ0v) is 8.34. The number of hydrogen-bond acceptors (Lipinski definition) is 3. The van der Waals surface area contributed by atoms with Crippen molar-refractivity contribution in [3.05, 3.63) is 16.4 Å². The number of rotatable bonds is 3. The summed E-state index contributed by atoms with van der Waals surface area (Å²) < 4.78 is 2.41. The summed E-state index contributed by atoms with van der Waals surface area (Å²) in [5, 5.41) is 4.00. The Balaban J connectivity index is 3.02. The van der Waals surface area contributed by atoms with Crippen molar-refractivity contribution in [3.63, 3.8) is 0 Å². The zero-order chi connectivity index (χ0) is 9.14. The third-order valence-corrected chi connectivity index (χ3v) is 2.40. The minimum Gasteiger partial charge on any atom is -0.324 e. The third kappa shape index (κ3) is 1.56. The first-order valence-electron chi connectivity index (χ1n) is 3.65. The van der Waals surface area contributed by atoms with Crippen molar-refractivity contribution in [1.82, 2.24) is 9.78 Å². The van der Waals surface area contributed by atoms with Gasteiger partial charge in [0.2, 0.25) is 0 Å². The molecule has 0 aliphatic rings. The van der Waals surface area contributed by atoms with Gasteiger partial charge >= 0.3 is 0 Å². The summed E-state index contributed by atoms with van der Waals surface area (Å²) in [6, 6.07) is 0. The van der Waals surface area contributed by atoms with Crippen LogP contribution >= 0.6 is 15.9 Å². The minimum atomic E-state index is -0.0958. The summed E-state index contributed by atoms with van der Waals surface area (Å²) >= 11 is 3.28. The van der Waals surface area contributed by atoms with Crippen LogP contribution < -0.4 is 5.73 Å². The molecule has 5 heteroatoms. The predicted molar refractivity (Wildman–Crippen MR) is 49.0 cm³/mol. The molecule has 0 atom stereocenters. The quantitative estimate of drug-likeness (QED) is 0.784. The summed E-state index contributed by atoms with van der Waals surface area (Å²) in [6.07, 6.45) is 1.53. The molecule has 0 saturated heterocycles. The van der Waals surface area contributed by atoms with Gasteiger partial charge in [-0.3, -0.25) is 9.48 Å². The molecule has 12 heavy (non-hydrogen) atoms. The fraction of sp³-hybridized carbons (Fsp3) is 0.429. The van der Waals surface area contributed by atoms with Gasteiger partial charge in [-0.1, -0.05) is 0 Å². The highest BCUT2D eigenvalue weighted by atomic mass is 79.9. The summed E-state index contributed by atoms with van der Waals surface area (Å²) in [7, 11) is 0. The van der Waals surface area contributed by atoms with Crippen molar-refractivity contribution >= 4 is 21.7 Å². The summed E-state index contributed by atoms with van der Waals surface area (Å²) in [6.45, 7) is 2.71. The van der Waals surface area contributed by atoms with Crippen LogP contribution in [-0.4, -0.2) is 22.1 Å². The van der Waals surface area contributed by atoms with Crippen LogP contribution in [0.5, 0.6) is 0 Å². The molecule has 0 radical (unpaired) electrons. The Hall–Kier alpha value is -0.680. The van der Waals surface area contributed by atoms with Crippen molar-refractivity contribution in [3.8, 4) is 0 Å². The molecule has 0 amide bonds. The SMILES string of the molecule is CCn1ncc(C(=O)CN)c1Br. The lowest BCUT2D eigenvalue weighted by Gasteiger charge is -1.97. The Morgan fingerprint density at radius 3 is 2.92 bits per heavy atom. The van der Waals surface area contributed by atoms with Crippen molar-refractivity contribution in [2.45, 2.75) is 13.5 Å². The number of nitrogens with zero attached hydrogens (tertiary/aromatic N) is 2. The lowest BCUT2D eigenvalue weighted by molar-refractivity contribution is 0.100. The number of Topliss-reactive ketones (excluding diaryl/α,β-unsaturated/α-hetero) is 1. The first kappa shape index (κ1) is 9.41. The van der Waals surface area contributed by atoms with Crippen LogP contribution in [0.15, 0.2) is 10.8 Å². The third-order valence-electron chi connectivity index (χ3n) is 1.56. The van der Waals surface area contributed by atoms with Crippen LogP contribution in [0.1, 0.15) is 17.3 Å². The highest BCUT2D eigenvalue weighted by molar-refractivity contribution is 9.10. The maximum atomic E-state index is 11.2. The Bertz CT molecular complexity index is 295. The molecule has 66 valence electrons. The molecule has 0 aliphatic carbocycles. The van der Waals surface area contributed by atoms with E-state index in [1.54, 1.807) is 4.68 Å². The molecule has 0 unspecified atom stereocenters. The fourth-order valence-electron chi connectivity index (χ4n) is 0.888. The minimum absolute atomic E-state index is 0.0218. The molecule has 0 aliphatic heterocycles. The standard InChI is InChI=1S/C7H10BrN3O/c1-2-11-7(8)5(4-10-11)6(12)3-9/h4H,2-3,9H2,1H3. The van der Waals surface area contributed by atoms with Gasteiger partial charge in [-0.2, -0.15) is 5.10 Å². The highest BCUT2D eigenvalue weighted by Crippen LogP contribution is 2.15. The van der Waals surface area contributed by atoms with Crippen molar-refractivity contribution < 1.29 is 4.79 Å². The van der Waals surface area contributed by atoms with Crippen LogP contribution in [0.25, 0.3) is 0 Å². The average Bonchev–Trinajstić information content (AvgIpc) is 2.45. The van der Waals surface area contributed by atoms with E-state index in [9.17, 15) is 4.79 Å². The van der Waals surface area contributed by atoms with E-state index >= 15 is 0 Å². The molecule has 0 fully saturated rings. The maximum Gasteiger partial charge on any atom is 0.180 e. The Labute approximate surface area is 78.9 Å². The second-order valence-electron chi connectivity index (χ2n) is 2.29. The summed E-state index contributed by atoms with van der Waals surface area (Å²) in [5.41, 5.74) is 5.77. The summed E-state index contributed by atoms with van der Waals surface area (Å²) in [5.74, 6) is -0.0958. The molecular weight excluding hydrogens is 222 g/mol. The zero-order valence-electron chi connectivity index (χ0n) is 6.75. The smallest absolute Gasteiger partial charge is 0.180 e. The molecule has 0 saturated carbocycles. The molecular formula is C7H10BrN3O. The van der Waals surface area contributed by atoms with Crippen LogP contribution in [-0.2, 0) is 6.54 Å². The van der Waals surface area contributed by atoms with E-state index in [1.807, 2.05) is 6.92 Å². The second-order valence-corrected chi connectivity index (χ2v) is 3.04. The number of ketones is 1. The van der Waals surface area contributed by atoms with E-state index in [1.165, 1.54) is 6.20 Å². The van der Waals surface area contributed by atoms with Crippen LogP contribution in [0, 0.1) is 0 Å². The average molecular weight is 232 g/mol. The Morgan fingerprint density at radius 1 is 1.83 bits per heavy atom. The topological polar surface area (TPSA) is 60.9 Å². The van der Waals surface area contributed by atoms with Crippen LogP contribution in [0.3, 0.4) is 0 Å². The van der Waals surface area contributed by atoms with Crippen molar-refractivity contribution in [2.24, 2.45) is 5.73 Å². The molecule has 1 heterocycles. The molecule has 1 aromatic rings. The molecule has 0 aromatic carbocycles. The number of halogens is 1. The van der Waals surface area contributed by atoms with E-state index in [0.717, 1.165) is 6.54 Å². The largest absolute Gasteiger partial charge is 0.324 e. The number of hydrogen-bond donors (Lipinski definition) is 1. The number of aryl methyl sites for hydroxylation is 1. The van der Waals surface area contributed by atoms with Gasteiger partial charge in [-0.05, 0) is 22.9 Å². The van der Waals surface area contributed by atoms with Crippen LogP contribution in [0.4, 0.5) is 0 Å². The Morgan fingerprint density at radius 2 is 2.50 bits per heavy atom. The van der Waals surface area contributed by atoms with Crippen LogP contribution in [0.2, 0.25) is 0 Å². The van der Waals surface area contributed by atoms with E-state index in [4.69, 9.17) is 5.73 Å². The van der Waals surface area contributed by atoms with Crippen molar-refractivity contribution in [1.29, 1.82) is 0 Å². The number of carbonyl (C=O) groups excluding carboxylic acids is 1.